The number of amides is 1. The molecule has 126 valence electrons. The number of nitrogens with one attached hydrogen (secondary N) is 1. The summed E-state index contributed by atoms with van der Waals surface area (Å²) in [5.74, 6) is 0.872. The van der Waals surface area contributed by atoms with Crippen LogP contribution in [0, 0.1) is 5.92 Å². The number of ether oxygens (including phenoxy) is 1. The van der Waals surface area contributed by atoms with Crippen molar-refractivity contribution in [2.24, 2.45) is 5.92 Å². The molecule has 0 radical (unpaired) electrons. The predicted molar refractivity (Wildman–Crippen MR) is 90.0 cm³/mol. The molecule has 6 heteroatoms. The maximum absolute atomic E-state index is 12.6. The number of hydrogen-bond donors (Lipinski definition) is 2. The highest BCUT2D eigenvalue weighted by Crippen LogP contribution is 2.21. The van der Waals surface area contributed by atoms with Gasteiger partial charge >= 0.3 is 0 Å². The van der Waals surface area contributed by atoms with Crippen molar-refractivity contribution < 1.29 is 9.53 Å². The molecular weight excluding hydrogens is 292 g/mol. The fourth-order valence-electron chi connectivity index (χ4n) is 3.38. The van der Waals surface area contributed by atoms with Crippen LogP contribution in [0.25, 0.3) is 0 Å². The molecule has 2 saturated heterocycles. The van der Waals surface area contributed by atoms with E-state index in [0.717, 1.165) is 57.5 Å². The first-order valence-electron chi connectivity index (χ1n) is 8.57. The van der Waals surface area contributed by atoms with Gasteiger partial charge in [-0.2, -0.15) is 0 Å². The third kappa shape index (κ3) is 4.34. The highest BCUT2D eigenvalue weighted by atomic mass is 16.5. The first-order chi connectivity index (χ1) is 11.2. The van der Waals surface area contributed by atoms with Crippen molar-refractivity contribution in [1.29, 1.82) is 0 Å². The van der Waals surface area contributed by atoms with Crippen LogP contribution in [0.15, 0.2) is 18.3 Å². The van der Waals surface area contributed by atoms with Gasteiger partial charge in [-0.15, -0.1) is 0 Å². The Bertz CT molecular complexity index is 514. The Hall–Kier alpha value is -1.82. The number of anilines is 2. The van der Waals surface area contributed by atoms with Gasteiger partial charge in [-0.3, -0.25) is 4.79 Å². The standard InChI is InChI=1S/C17H26N4O2/c18-16-6-5-15(11-19-16)20-14-4-1-8-21(9-7-14)17(22)13-3-2-10-23-12-13/h5-6,11,13-14,20H,1-4,7-10,12H2,(H2,18,19)/t13-,14-/m1/s1. The summed E-state index contributed by atoms with van der Waals surface area (Å²) in [7, 11) is 0. The maximum atomic E-state index is 12.6. The van der Waals surface area contributed by atoms with E-state index < -0.39 is 0 Å². The maximum Gasteiger partial charge on any atom is 0.228 e. The van der Waals surface area contributed by atoms with E-state index in [2.05, 4.69) is 10.3 Å². The fourth-order valence-corrected chi connectivity index (χ4v) is 3.38. The molecular formula is C17H26N4O2. The number of carbonyl (C=O) groups is 1. The summed E-state index contributed by atoms with van der Waals surface area (Å²) < 4.78 is 5.46. The zero-order valence-electron chi connectivity index (χ0n) is 13.5. The van der Waals surface area contributed by atoms with E-state index in [1.807, 2.05) is 11.0 Å². The molecule has 3 rings (SSSR count). The van der Waals surface area contributed by atoms with Crippen LogP contribution in [-0.2, 0) is 9.53 Å². The predicted octanol–water partition coefficient (Wildman–Crippen LogP) is 1.88. The second-order valence-corrected chi connectivity index (χ2v) is 6.48. The Kier molecular flexibility index (Phi) is 5.33. The number of carbonyl (C=O) groups excluding carboxylic acids is 1. The van der Waals surface area contributed by atoms with Gasteiger partial charge in [0.15, 0.2) is 0 Å². The summed E-state index contributed by atoms with van der Waals surface area (Å²) in [5.41, 5.74) is 6.60. The first kappa shape index (κ1) is 16.1. The van der Waals surface area contributed by atoms with Crippen LogP contribution in [0.5, 0.6) is 0 Å². The van der Waals surface area contributed by atoms with Crippen molar-refractivity contribution in [3.05, 3.63) is 18.3 Å². The average molecular weight is 318 g/mol. The third-order valence-corrected chi connectivity index (χ3v) is 4.71. The number of likely N-dealkylation sites (tertiary alicyclic amines) is 1. The van der Waals surface area contributed by atoms with Gasteiger partial charge in [-0.1, -0.05) is 0 Å². The fraction of sp³-hybridized carbons (Fsp3) is 0.647. The van der Waals surface area contributed by atoms with Crippen molar-refractivity contribution in [3.63, 3.8) is 0 Å². The molecule has 0 saturated carbocycles. The third-order valence-electron chi connectivity index (χ3n) is 4.71. The molecule has 3 heterocycles. The molecule has 0 spiro atoms. The Morgan fingerprint density at radius 3 is 2.91 bits per heavy atom. The lowest BCUT2D eigenvalue weighted by atomic mass is 10.0. The van der Waals surface area contributed by atoms with E-state index in [1.165, 1.54) is 0 Å². The molecule has 2 fully saturated rings. The van der Waals surface area contributed by atoms with Gasteiger partial charge in [0.2, 0.25) is 5.91 Å². The summed E-state index contributed by atoms with van der Waals surface area (Å²) in [6, 6.07) is 4.13. The molecule has 0 aromatic carbocycles. The Morgan fingerprint density at radius 2 is 2.17 bits per heavy atom. The average Bonchev–Trinajstić information content (AvgIpc) is 2.83. The summed E-state index contributed by atoms with van der Waals surface area (Å²) >= 11 is 0. The zero-order chi connectivity index (χ0) is 16.1. The molecule has 1 aromatic heterocycles. The lowest BCUT2D eigenvalue weighted by molar-refractivity contribution is -0.139. The summed E-state index contributed by atoms with van der Waals surface area (Å²) in [5, 5.41) is 3.51. The van der Waals surface area contributed by atoms with Crippen molar-refractivity contribution in [3.8, 4) is 0 Å². The second kappa shape index (κ2) is 7.64. The molecule has 3 N–H and O–H groups in total. The number of pyridine rings is 1. The van der Waals surface area contributed by atoms with Crippen LogP contribution in [0.2, 0.25) is 0 Å². The van der Waals surface area contributed by atoms with Gasteiger partial charge in [0.1, 0.15) is 5.82 Å². The quantitative estimate of drug-likeness (QED) is 0.889. The van der Waals surface area contributed by atoms with Crippen molar-refractivity contribution in [2.75, 3.05) is 37.4 Å². The highest BCUT2D eigenvalue weighted by Gasteiger charge is 2.28. The number of hydrogen-bond acceptors (Lipinski definition) is 5. The largest absolute Gasteiger partial charge is 0.384 e. The van der Waals surface area contributed by atoms with Gasteiger partial charge in [0.25, 0.3) is 0 Å². The molecule has 2 aliphatic rings. The molecule has 0 aliphatic carbocycles. The van der Waals surface area contributed by atoms with Crippen LogP contribution in [0.1, 0.15) is 32.1 Å². The molecule has 1 amide bonds. The molecule has 6 nitrogen and oxygen atoms in total. The summed E-state index contributed by atoms with van der Waals surface area (Å²) in [6.45, 7) is 3.06. The highest BCUT2D eigenvalue weighted by molar-refractivity contribution is 5.79. The van der Waals surface area contributed by atoms with Crippen LogP contribution in [0.4, 0.5) is 11.5 Å². The minimum Gasteiger partial charge on any atom is -0.384 e. The van der Waals surface area contributed by atoms with E-state index in [4.69, 9.17) is 10.5 Å². The van der Waals surface area contributed by atoms with Crippen LogP contribution in [-0.4, -0.2) is 48.1 Å². The van der Waals surface area contributed by atoms with Crippen molar-refractivity contribution >= 4 is 17.4 Å². The molecule has 1 aromatic rings. The molecule has 0 unspecified atom stereocenters. The van der Waals surface area contributed by atoms with Crippen molar-refractivity contribution in [2.45, 2.75) is 38.1 Å². The lowest BCUT2D eigenvalue weighted by Crippen LogP contribution is -2.40. The number of nitrogens with two attached hydrogens (primary N) is 1. The summed E-state index contributed by atoms with van der Waals surface area (Å²) in [6.07, 6.45) is 6.79. The van der Waals surface area contributed by atoms with Gasteiger partial charge in [-0.05, 0) is 44.2 Å². The Balaban J connectivity index is 1.52. The van der Waals surface area contributed by atoms with Crippen LogP contribution < -0.4 is 11.1 Å². The van der Waals surface area contributed by atoms with E-state index in [9.17, 15) is 4.79 Å². The van der Waals surface area contributed by atoms with Crippen LogP contribution in [0.3, 0.4) is 0 Å². The smallest absolute Gasteiger partial charge is 0.228 e. The van der Waals surface area contributed by atoms with E-state index >= 15 is 0 Å². The Labute approximate surface area is 137 Å². The normalized spacial score (nSPS) is 25.7. The zero-order valence-corrected chi connectivity index (χ0v) is 13.5. The van der Waals surface area contributed by atoms with Gasteiger partial charge in [0.05, 0.1) is 24.4 Å². The topological polar surface area (TPSA) is 80.5 Å². The minimum absolute atomic E-state index is 0.0644. The number of rotatable bonds is 3. The lowest BCUT2D eigenvalue weighted by Gasteiger charge is -2.28. The summed E-state index contributed by atoms with van der Waals surface area (Å²) in [4.78, 5) is 18.7. The molecule has 2 atom stereocenters. The van der Waals surface area contributed by atoms with Crippen molar-refractivity contribution in [1.82, 2.24) is 9.88 Å². The Morgan fingerprint density at radius 1 is 1.26 bits per heavy atom. The monoisotopic (exact) mass is 318 g/mol. The second-order valence-electron chi connectivity index (χ2n) is 6.48. The van der Waals surface area contributed by atoms with Gasteiger partial charge in [0, 0.05) is 25.7 Å². The van der Waals surface area contributed by atoms with E-state index in [-0.39, 0.29) is 11.8 Å². The van der Waals surface area contributed by atoms with E-state index in [1.54, 1.807) is 12.3 Å². The molecule has 0 bridgehead atoms. The SMILES string of the molecule is Nc1ccc(N[C@@H]2CCCN(C(=O)[C@@H]3CCCOC3)CC2)cn1. The number of nitrogen functional groups attached to an aromatic ring is 1. The minimum atomic E-state index is 0.0644. The molecule has 23 heavy (non-hydrogen) atoms. The number of aromatic nitrogens is 1. The van der Waals surface area contributed by atoms with Crippen LogP contribution >= 0.6 is 0 Å². The molecule has 2 aliphatic heterocycles. The van der Waals surface area contributed by atoms with Gasteiger partial charge in [-0.25, -0.2) is 4.98 Å². The van der Waals surface area contributed by atoms with Gasteiger partial charge < -0.3 is 20.7 Å². The first-order valence-corrected chi connectivity index (χ1v) is 8.57. The number of nitrogens with zero attached hydrogens (tertiary/aromatic N) is 2. The van der Waals surface area contributed by atoms with E-state index in [0.29, 0.717) is 18.5 Å².